The van der Waals surface area contributed by atoms with Crippen LogP contribution in [0.1, 0.15) is 5.82 Å². The molecule has 33 heavy (non-hydrogen) atoms. The van der Waals surface area contributed by atoms with Crippen LogP contribution in [0.4, 0.5) is 17.5 Å². The molecule has 0 saturated carbocycles. The Bertz CT molecular complexity index is 1510. The van der Waals surface area contributed by atoms with E-state index in [0.717, 1.165) is 28.2 Å². The molecule has 4 heterocycles. The van der Waals surface area contributed by atoms with Gasteiger partial charge >= 0.3 is 0 Å². The average molecular weight is 433 g/mol. The Kier molecular flexibility index (Phi) is 4.62. The van der Waals surface area contributed by atoms with Gasteiger partial charge in [-0.2, -0.15) is 9.97 Å². The fourth-order valence-electron chi connectivity index (χ4n) is 3.68. The van der Waals surface area contributed by atoms with Gasteiger partial charge in [0.2, 0.25) is 5.95 Å². The normalized spacial score (nSPS) is 11.2. The zero-order chi connectivity index (χ0) is 22.0. The van der Waals surface area contributed by atoms with E-state index in [0.29, 0.717) is 29.5 Å². The minimum Gasteiger partial charge on any atom is -0.361 e. The lowest BCUT2D eigenvalue weighted by molar-refractivity contribution is 0.996. The van der Waals surface area contributed by atoms with Gasteiger partial charge < -0.3 is 15.6 Å². The zero-order valence-corrected chi connectivity index (χ0v) is 17.5. The maximum atomic E-state index is 4.74. The molecule has 6 aromatic rings. The van der Waals surface area contributed by atoms with E-state index in [9.17, 15) is 0 Å². The second kappa shape index (κ2) is 8.04. The third-order valence-electron chi connectivity index (χ3n) is 5.21. The minimum absolute atomic E-state index is 0.445. The maximum absolute atomic E-state index is 4.74. The monoisotopic (exact) mass is 433 g/mol. The second-order valence-electron chi connectivity index (χ2n) is 7.44. The van der Waals surface area contributed by atoms with Crippen LogP contribution in [0.3, 0.4) is 0 Å². The molecule has 0 amide bonds. The summed E-state index contributed by atoms with van der Waals surface area (Å²) < 4.78 is 1.94. The molecule has 0 radical (unpaired) electrons. The molecule has 160 valence electrons. The van der Waals surface area contributed by atoms with Crippen LogP contribution in [0.5, 0.6) is 0 Å². The SMILES string of the molecule is c1ccc(-n2cnc3c(NCc4nc5ccccc5[nH]4)nc(Nc4cccnc4)nc32)cc1. The number of hydrogen-bond acceptors (Lipinski definition) is 7. The third-order valence-corrected chi connectivity index (χ3v) is 5.21. The first kappa shape index (κ1) is 18.9. The van der Waals surface area contributed by atoms with Gasteiger partial charge in [-0.1, -0.05) is 30.3 Å². The van der Waals surface area contributed by atoms with Crippen LogP contribution in [-0.2, 0) is 6.54 Å². The number of benzene rings is 2. The minimum atomic E-state index is 0.445. The predicted octanol–water partition coefficient (Wildman–Crippen LogP) is 4.44. The lowest BCUT2D eigenvalue weighted by Crippen LogP contribution is -2.07. The van der Waals surface area contributed by atoms with Crippen LogP contribution in [0, 0.1) is 0 Å². The fourth-order valence-corrected chi connectivity index (χ4v) is 3.68. The van der Waals surface area contributed by atoms with Gasteiger partial charge in [-0.3, -0.25) is 9.55 Å². The Morgan fingerprint density at radius 2 is 1.76 bits per heavy atom. The first-order valence-corrected chi connectivity index (χ1v) is 10.5. The highest BCUT2D eigenvalue weighted by Gasteiger charge is 2.15. The van der Waals surface area contributed by atoms with Crippen molar-refractivity contribution in [3.8, 4) is 5.69 Å². The highest BCUT2D eigenvalue weighted by molar-refractivity contribution is 5.86. The van der Waals surface area contributed by atoms with Gasteiger partial charge in [0.05, 0.1) is 29.5 Å². The summed E-state index contributed by atoms with van der Waals surface area (Å²) in [6.45, 7) is 0.464. The molecule has 0 aliphatic carbocycles. The summed E-state index contributed by atoms with van der Waals surface area (Å²) in [5.41, 5.74) is 5.05. The Balaban J connectivity index is 1.40. The van der Waals surface area contributed by atoms with Crippen LogP contribution in [0.15, 0.2) is 85.5 Å². The van der Waals surface area contributed by atoms with Gasteiger partial charge in [-0.05, 0) is 36.4 Å². The number of H-pyrrole nitrogens is 1. The molecule has 0 spiro atoms. The molecular formula is C24H19N9. The van der Waals surface area contributed by atoms with E-state index in [4.69, 9.17) is 9.97 Å². The molecule has 0 saturated heterocycles. The molecule has 9 nitrogen and oxygen atoms in total. The van der Waals surface area contributed by atoms with E-state index in [2.05, 4.69) is 30.6 Å². The van der Waals surface area contributed by atoms with Crippen molar-refractivity contribution in [3.63, 3.8) is 0 Å². The third kappa shape index (κ3) is 3.72. The van der Waals surface area contributed by atoms with Crippen LogP contribution in [0.25, 0.3) is 27.9 Å². The van der Waals surface area contributed by atoms with Crippen molar-refractivity contribution in [1.29, 1.82) is 0 Å². The topological polar surface area (TPSA) is 109 Å². The number of aromatic amines is 1. The lowest BCUT2D eigenvalue weighted by Gasteiger charge is -2.10. The molecule has 0 aliphatic rings. The van der Waals surface area contributed by atoms with E-state index < -0.39 is 0 Å². The van der Waals surface area contributed by atoms with Crippen LogP contribution < -0.4 is 10.6 Å². The highest BCUT2D eigenvalue weighted by Crippen LogP contribution is 2.25. The second-order valence-corrected chi connectivity index (χ2v) is 7.44. The largest absolute Gasteiger partial charge is 0.361 e. The number of anilines is 3. The van der Waals surface area contributed by atoms with Gasteiger partial charge in [0, 0.05) is 11.9 Å². The first-order valence-electron chi connectivity index (χ1n) is 10.5. The Morgan fingerprint density at radius 1 is 0.879 bits per heavy atom. The molecule has 4 aromatic heterocycles. The molecule has 3 N–H and O–H groups in total. The molecule has 0 aliphatic heterocycles. The predicted molar refractivity (Wildman–Crippen MR) is 128 cm³/mol. The summed E-state index contributed by atoms with van der Waals surface area (Å²) in [5.74, 6) is 1.87. The zero-order valence-electron chi connectivity index (χ0n) is 17.5. The van der Waals surface area contributed by atoms with Crippen molar-refractivity contribution in [2.45, 2.75) is 6.54 Å². The van der Waals surface area contributed by atoms with E-state index in [1.165, 1.54) is 0 Å². The average Bonchev–Trinajstić information content (AvgIpc) is 3.48. The standard InChI is InChI=1S/C24H19N9/c1-2-8-17(9-3-1)33-15-27-21-22(26-14-20-29-18-10-4-5-11-19(18)30-20)31-24(32-23(21)33)28-16-7-6-12-25-13-16/h1-13,15H,14H2,(H,29,30)(H2,26,28,31,32). The first-order chi connectivity index (χ1) is 16.3. The molecule has 0 fully saturated rings. The molecule has 0 unspecified atom stereocenters. The molecular weight excluding hydrogens is 414 g/mol. The summed E-state index contributed by atoms with van der Waals surface area (Å²) in [6.07, 6.45) is 5.21. The molecule has 6 rings (SSSR count). The Morgan fingerprint density at radius 3 is 2.61 bits per heavy atom. The number of nitrogens with zero attached hydrogens (tertiary/aromatic N) is 6. The van der Waals surface area contributed by atoms with Crippen LogP contribution in [-0.4, -0.2) is 34.5 Å². The van der Waals surface area contributed by atoms with E-state index in [1.807, 2.05) is 71.3 Å². The van der Waals surface area contributed by atoms with Crippen molar-refractivity contribution in [2.24, 2.45) is 0 Å². The molecule has 2 aromatic carbocycles. The number of hydrogen-bond donors (Lipinski definition) is 3. The van der Waals surface area contributed by atoms with E-state index in [1.54, 1.807) is 18.7 Å². The molecule has 9 heteroatoms. The summed E-state index contributed by atoms with van der Waals surface area (Å²) in [6, 6.07) is 21.7. The smallest absolute Gasteiger partial charge is 0.231 e. The summed E-state index contributed by atoms with van der Waals surface area (Å²) in [5, 5.41) is 6.61. The molecule has 0 atom stereocenters. The van der Waals surface area contributed by atoms with Crippen LogP contribution in [0.2, 0.25) is 0 Å². The number of pyridine rings is 1. The van der Waals surface area contributed by atoms with Gasteiger partial charge in [0.1, 0.15) is 12.2 Å². The highest BCUT2D eigenvalue weighted by atomic mass is 15.2. The van der Waals surface area contributed by atoms with E-state index in [-0.39, 0.29) is 0 Å². The van der Waals surface area contributed by atoms with Crippen molar-refractivity contribution < 1.29 is 0 Å². The summed E-state index contributed by atoms with van der Waals surface area (Å²) in [7, 11) is 0. The Hall–Kier alpha value is -4.79. The summed E-state index contributed by atoms with van der Waals surface area (Å²) in [4.78, 5) is 26.2. The van der Waals surface area contributed by atoms with Gasteiger partial charge in [0.15, 0.2) is 17.0 Å². The van der Waals surface area contributed by atoms with Crippen molar-refractivity contribution >= 4 is 39.7 Å². The van der Waals surface area contributed by atoms with Crippen LogP contribution >= 0.6 is 0 Å². The van der Waals surface area contributed by atoms with Crippen molar-refractivity contribution in [3.05, 3.63) is 91.3 Å². The number of nitrogens with one attached hydrogen (secondary N) is 3. The Labute approximate surface area is 188 Å². The number of aromatic nitrogens is 7. The van der Waals surface area contributed by atoms with Gasteiger partial charge in [0.25, 0.3) is 0 Å². The fraction of sp³-hybridized carbons (Fsp3) is 0.0417. The molecule has 0 bridgehead atoms. The number of imidazole rings is 2. The quantitative estimate of drug-likeness (QED) is 0.356. The van der Waals surface area contributed by atoms with Gasteiger partial charge in [-0.25, -0.2) is 9.97 Å². The number of rotatable bonds is 6. The number of para-hydroxylation sites is 3. The summed E-state index contributed by atoms with van der Waals surface area (Å²) >= 11 is 0. The van der Waals surface area contributed by atoms with Crippen molar-refractivity contribution in [2.75, 3.05) is 10.6 Å². The van der Waals surface area contributed by atoms with E-state index >= 15 is 0 Å². The lowest BCUT2D eigenvalue weighted by atomic mass is 10.3. The maximum Gasteiger partial charge on any atom is 0.231 e. The number of fused-ring (bicyclic) bond motifs is 2. The van der Waals surface area contributed by atoms with Crippen molar-refractivity contribution in [1.82, 2.24) is 34.5 Å². The van der Waals surface area contributed by atoms with Gasteiger partial charge in [-0.15, -0.1) is 0 Å².